The van der Waals surface area contributed by atoms with Crippen molar-refractivity contribution in [3.63, 3.8) is 0 Å². The maximum Gasteiger partial charge on any atom is 0.278 e. The molecule has 7 nitrogen and oxygen atoms in total. The minimum Gasteiger partial charge on any atom is -0.502 e. The van der Waals surface area contributed by atoms with E-state index >= 15 is 0 Å². The highest BCUT2D eigenvalue weighted by Gasteiger charge is 2.48. The molecule has 182 valence electrons. The fourth-order valence-corrected chi connectivity index (χ4v) is 6.96. The lowest BCUT2D eigenvalue weighted by Crippen LogP contribution is -2.68. The molecule has 2 aromatic carbocycles. The number of nitrogens with zero attached hydrogens (tertiary/aromatic N) is 3. The summed E-state index contributed by atoms with van der Waals surface area (Å²) in [4.78, 5) is 28.8. The van der Waals surface area contributed by atoms with Crippen molar-refractivity contribution in [2.75, 3.05) is 18.2 Å². The van der Waals surface area contributed by atoms with Crippen LogP contribution in [0.5, 0.6) is 5.75 Å². The van der Waals surface area contributed by atoms with Gasteiger partial charge in [-0.1, -0.05) is 24.3 Å². The molecule has 3 aliphatic rings. The molecule has 0 spiro atoms. The summed E-state index contributed by atoms with van der Waals surface area (Å²) in [5.74, 6) is -1.32. The molecule has 3 aliphatic heterocycles. The third-order valence-electron chi connectivity index (χ3n) is 7.27. The number of aromatic nitrogens is 1. The molecule has 0 saturated carbocycles. The molecule has 1 fully saturated rings. The van der Waals surface area contributed by atoms with Gasteiger partial charge in [0, 0.05) is 17.2 Å². The number of rotatable bonds is 1. The summed E-state index contributed by atoms with van der Waals surface area (Å²) in [6.45, 7) is 2.48. The summed E-state index contributed by atoms with van der Waals surface area (Å²) < 4.78 is 21.7. The molecule has 11 heteroatoms. The Morgan fingerprint density at radius 1 is 1.11 bits per heavy atom. The minimum absolute atomic E-state index is 0.0789. The lowest BCUT2D eigenvalue weighted by atomic mass is 9.63. The van der Waals surface area contributed by atoms with Gasteiger partial charge in [0.15, 0.2) is 11.4 Å². The van der Waals surface area contributed by atoms with Crippen molar-refractivity contribution in [2.24, 2.45) is 0 Å². The SMILES string of the molecule is BC1(B)Sc2ccccc2[C@@H](N2[C@@H]3COC[C@H](C)N3C(=O)c3c(O)c(=O)ccn32)c2ccc(F)cc21. The number of carbonyl (C=O) groups is 1. The van der Waals surface area contributed by atoms with Crippen LogP contribution in [0.4, 0.5) is 4.39 Å². The predicted octanol–water partition coefficient (Wildman–Crippen LogP) is 1.10. The van der Waals surface area contributed by atoms with Crippen LogP contribution in [-0.2, 0) is 9.28 Å². The van der Waals surface area contributed by atoms with Gasteiger partial charge >= 0.3 is 0 Å². The van der Waals surface area contributed by atoms with Crippen molar-refractivity contribution < 1.29 is 19.0 Å². The van der Waals surface area contributed by atoms with Crippen LogP contribution in [0.2, 0.25) is 0 Å². The summed E-state index contributed by atoms with van der Waals surface area (Å²) in [6.07, 6.45) is 1.01. The first-order valence-corrected chi connectivity index (χ1v) is 12.7. The van der Waals surface area contributed by atoms with Gasteiger partial charge in [0.2, 0.25) is 5.43 Å². The van der Waals surface area contributed by atoms with Crippen LogP contribution in [-0.4, -0.2) is 61.7 Å². The number of halogens is 1. The zero-order valence-electron chi connectivity index (χ0n) is 20.1. The van der Waals surface area contributed by atoms with Crippen molar-refractivity contribution in [2.45, 2.75) is 34.6 Å². The molecular formula is C25H24B2FN3O4S. The lowest BCUT2D eigenvalue weighted by Gasteiger charge is -2.53. The number of benzene rings is 2. The molecule has 3 atom stereocenters. The fourth-order valence-electron chi connectivity index (χ4n) is 5.68. The van der Waals surface area contributed by atoms with E-state index in [1.807, 2.05) is 36.2 Å². The Kier molecular flexibility index (Phi) is 5.28. The molecule has 1 aromatic heterocycles. The molecular weight excluding hydrogens is 479 g/mol. The summed E-state index contributed by atoms with van der Waals surface area (Å²) >= 11 is 1.66. The van der Waals surface area contributed by atoms with Gasteiger partial charge in [0.25, 0.3) is 5.91 Å². The number of hydrogen-bond donors (Lipinski definition) is 1. The maximum absolute atomic E-state index is 14.6. The molecule has 36 heavy (non-hydrogen) atoms. The van der Waals surface area contributed by atoms with Crippen LogP contribution in [0, 0.1) is 5.82 Å². The van der Waals surface area contributed by atoms with Crippen LogP contribution in [0.25, 0.3) is 0 Å². The van der Waals surface area contributed by atoms with Gasteiger partial charge < -0.3 is 14.7 Å². The number of morpholine rings is 1. The highest BCUT2D eigenvalue weighted by Crippen LogP contribution is 2.50. The predicted molar refractivity (Wildman–Crippen MR) is 140 cm³/mol. The second kappa shape index (κ2) is 8.18. The number of thioether (sulfide) groups is 1. The van der Waals surface area contributed by atoms with Gasteiger partial charge in [-0.3, -0.25) is 19.3 Å². The lowest BCUT2D eigenvalue weighted by molar-refractivity contribution is -0.0468. The molecule has 0 radical (unpaired) electrons. The van der Waals surface area contributed by atoms with Crippen molar-refractivity contribution in [1.82, 2.24) is 9.58 Å². The number of ether oxygens (including phenoxy) is 1. The first kappa shape index (κ1) is 23.2. The van der Waals surface area contributed by atoms with Gasteiger partial charge in [-0.15, -0.1) is 11.8 Å². The average Bonchev–Trinajstić information content (AvgIpc) is 2.93. The third kappa shape index (κ3) is 3.33. The van der Waals surface area contributed by atoms with Crippen molar-refractivity contribution in [1.29, 1.82) is 0 Å². The van der Waals surface area contributed by atoms with Gasteiger partial charge in [-0.05, 0) is 46.4 Å². The first-order chi connectivity index (χ1) is 17.2. The van der Waals surface area contributed by atoms with Crippen LogP contribution < -0.4 is 10.4 Å². The van der Waals surface area contributed by atoms with E-state index in [0.29, 0.717) is 6.61 Å². The minimum atomic E-state index is -0.616. The molecule has 0 aliphatic carbocycles. The Labute approximate surface area is 213 Å². The molecule has 0 bridgehead atoms. The van der Waals surface area contributed by atoms with Gasteiger partial charge in [-0.25, -0.2) is 4.39 Å². The Balaban J connectivity index is 1.69. The van der Waals surface area contributed by atoms with E-state index in [1.54, 1.807) is 33.5 Å². The normalized spacial score (nSPS) is 24.3. The van der Waals surface area contributed by atoms with E-state index in [9.17, 15) is 19.1 Å². The van der Waals surface area contributed by atoms with Crippen molar-refractivity contribution >= 4 is 33.4 Å². The summed E-state index contributed by atoms with van der Waals surface area (Å²) in [7, 11) is 4.15. The maximum atomic E-state index is 14.6. The summed E-state index contributed by atoms with van der Waals surface area (Å²) in [6, 6.07) is 13.4. The van der Waals surface area contributed by atoms with Crippen molar-refractivity contribution in [3.05, 3.63) is 93.2 Å². The fraction of sp³-hybridized carbons (Fsp3) is 0.280. The Morgan fingerprint density at radius 3 is 2.69 bits per heavy atom. The standard InChI is InChI=1S/C25H24B2FN3O4S/c1-13-11-35-12-20-30(13)24(34)22-23(33)18(32)8-9-29(22)31(20)21-15-7-6-14(28)10-17(15)25(26,27)36-19-5-3-2-4-16(19)21/h2-10,13,20-21,33H,11-12,26-27H2,1H3/t13-,20+,21-/m0/s1. The molecule has 0 unspecified atom stereocenters. The molecule has 3 aromatic rings. The number of aromatic hydroxyl groups is 1. The third-order valence-corrected chi connectivity index (χ3v) is 8.59. The highest BCUT2D eigenvalue weighted by molar-refractivity contribution is 8.02. The van der Waals surface area contributed by atoms with E-state index in [4.69, 9.17) is 4.74 Å². The summed E-state index contributed by atoms with van der Waals surface area (Å²) in [5, 5.41) is 12.8. The number of fused-ring (bicyclic) bond motifs is 4. The van der Waals surface area contributed by atoms with Crippen LogP contribution in [0.3, 0.4) is 0 Å². The van der Waals surface area contributed by atoms with E-state index in [2.05, 4.69) is 15.7 Å². The molecule has 4 heterocycles. The zero-order chi connectivity index (χ0) is 25.4. The topological polar surface area (TPSA) is 75.0 Å². The zero-order valence-corrected chi connectivity index (χ0v) is 21.0. The van der Waals surface area contributed by atoms with E-state index < -0.39 is 33.8 Å². The average molecular weight is 503 g/mol. The number of pyridine rings is 1. The Hall–Kier alpha value is -3.17. The van der Waals surface area contributed by atoms with E-state index in [0.717, 1.165) is 21.6 Å². The van der Waals surface area contributed by atoms with Crippen LogP contribution >= 0.6 is 11.8 Å². The van der Waals surface area contributed by atoms with E-state index in [-0.39, 0.29) is 24.2 Å². The Bertz CT molecular complexity index is 1470. The van der Waals surface area contributed by atoms with Gasteiger partial charge in [0.05, 0.1) is 25.3 Å². The summed E-state index contributed by atoms with van der Waals surface area (Å²) in [5.41, 5.74) is 2.01. The molecule has 1 N–H and O–H groups in total. The van der Waals surface area contributed by atoms with E-state index in [1.165, 1.54) is 18.3 Å². The first-order valence-electron chi connectivity index (χ1n) is 11.9. The largest absolute Gasteiger partial charge is 0.502 e. The van der Waals surface area contributed by atoms with Crippen LogP contribution in [0.1, 0.15) is 40.1 Å². The number of amides is 1. The molecule has 6 rings (SSSR count). The quantitative estimate of drug-likeness (QED) is 0.502. The van der Waals surface area contributed by atoms with Gasteiger partial charge in [0.1, 0.15) is 27.7 Å². The molecule has 1 saturated heterocycles. The monoisotopic (exact) mass is 503 g/mol. The number of hydrogen-bond acceptors (Lipinski definition) is 6. The molecule has 1 amide bonds. The second-order valence-electron chi connectivity index (χ2n) is 9.97. The van der Waals surface area contributed by atoms with Crippen molar-refractivity contribution in [3.8, 4) is 5.75 Å². The van der Waals surface area contributed by atoms with Gasteiger partial charge in [-0.2, -0.15) is 0 Å². The number of carbonyl (C=O) groups excluding carboxylic acids is 1. The van der Waals surface area contributed by atoms with Crippen LogP contribution in [0.15, 0.2) is 64.4 Å². The smallest absolute Gasteiger partial charge is 0.278 e. The second-order valence-corrected chi connectivity index (χ2v) is 11.6. The highest BCUT2D eigenvalue weighted by atomic mass is 32.2. The Morgan fingerprint density at radius 2 is 1.89 bits per heavy atom.